The van der Waals surface area contributed by atoms with Crippen molar-refractivity contribution in [1.82, 2.24) is 0 Å². The van der Waals surface area contributed by atoms with E-state index in [1.54, 1.807) is 6.07 Å². The predicted octanol–water partition coefficient (Wildman–Crippen LogP) is 3.26. The van der Waals surface area contributed by atoms with E-state index in [-0.39, 0.29) is 17.4 Å². The van der Waals surface area contributed by atoms with E-state index in [2.05, 4.69) is 15.9 Å². The molecule has 0 aliphatic rings. The second kappa shape index (κ2) is 4.97. The summed E-state index contributed by atoms with van der Waals surface area (Å²) in [6, 6.07) is 4.23. The Kier molecular flexibility index (Phi) is 4.18. The average Bonchev–Trinajstić information content (AvgIpc) is 2.13. The van der Waals surface area contributed by atoms with Gasteiger partial charge in [-0.05, 0) is 24.0 Å². The molecule has 18 heavy (non-hydrogen) atoms. The van der Waals surface area contributed by atoms with Crippen LogP contribution in [0.2, 0.25) is 0 Å². The first-order valence-electron chi connectivity index (χ1n) is 5.54. The highest BCUT2D eigenvalue weighted by atomic mass is 79.9. The lowest BCUT2D eigenvalue weighted by Gasteiger charge is -2.32. The molecule has 1 rings (SSSR count). The van der Waals surface area contributed by atoms with Crippen LogP contribution in [0.25, 0.3) is 0 Å². The van der Waals surface area contributed by atoms with E-state index in [1.165, 1.54) is 12.1 Å². The summed E-state index contributed by atoms with van der Waals surface area (Å²) in [5.41, 5.74) is 3.91. The first-order valence-corrected chi connectivity index (χ1v) is 6.33. The van der Waals surface area contributed by atoms with Gasteiger partial charge in [-0.25, -0.2) is 9.18 Å². The van der Waals surface area contributed by atoms with Crippen molar-refractivity contribution < 1.29 is 14.3 Å². The fourth-order valence-electron chi connectivity index (χ4n) is 1.97. The summed E-state index contributed by atoms with van der Waals surface area (Å²) >= 11 is 3.13. The lowest BCUT2D eigenvalue weighted by molar-refractivity contribution is -0.145. The molecular formula is C13H17BrFNO2. The topological polar surface area (TPSA) is 63.3 Å². The third-order valence-electron chi connectivity index (χ3n) is 2.60. The maximum atomic E-state index is 13.9. The molecule has 0 bridgehead atoms. The molecule has 0 heterocycles. The van der Waals surface area contributed by atoms with Crippen molar-refractivity contribution in [1.29, 1.82) is 0 Å². The van der Waals surface area contributed by atoms with Crippen LogP contribution in [-0.4, -0.2) is 11.1 Å². The lowest BCUT2D eigenvalue weighted by atomic mass is 9.76. The minimum Gasteiger partial charge on any atom is -0.480 e. The molecular weight excluding hydrogens is 301 g/mol. The molecule has 3 nitrogen and oxygen atoms in total. The van der Waals surface area contributed by atoms with E-state index >= 15 is 0 Å². The highest BCUT2D eigenvalue weighted by Crippen LogP contribution is 2.35. The molecule has 1 aromatic rings. The Labute approximate surface area is 114 Å². The zero-order valence-electron chi connectivity index (χ0n) is 10.6. The van der Waals surface area contributed by atoms with Gasteiger partial charge in [-0.3, -0.25) is 0 Å². The van der Waals surface area contributed by atoms with E-state index < -0.39 is 17.3 Å². The second-order valence-corrected chi connectivity index (χ2v) is 6.55. The number of halogens is 2. The van der Waals surface area contributed by atoms with Crippen molar-refractivity contribution >= 4 is 21.9 Å². The van der Waals surface area contributed by atoms with Gasteiger partial charge in [0.2, 0.25) is 0 Å². The number of benzene rings is 1. The van der Waals surface area contributed by atoms with Gasteiger partial charge in [0.1, 0.15) is 11.4 Å². The molecule has 0 saturated carbocycles. The summed E-state index contributed by atoms with van der Waals surface area (Å²) in [5, 5.41) is 9.34. The number of rotatable bonds is 3. The third kappa shape index (κ3) is 3.29. The van der Waals surface area contributed by atoms with Gasteiger partial charge in [0.25, 0.3) is 0 Å². The van der Waals surface area contributed by atoms with Crippen LogP contribution in [0.1, 0.15) is 32.8 Å². The van der Waals surface area contributed by atoms with E-state index in [1.807, 2.05) is 20.8 Å². The molecule has 0 saturated heterocycles. The maximum absolute atomic E-state index is 13.9. The van der Waals surface area contributed by atoms with Crippen LogP contribution < -0.4 is 5.73 Å². The molecule has 0 aliphatic carbocycles. The molecule has 0 aromatic heterocycles. The van der Waals surface area contributed by atoms with Gasteiger partial charge in [-0.1, -0.05) is 42.8 Å². The summed E-state index contributed by atoms with van der Waals surface area (Å²) < 4.78 is 14.5. The fraction of sp³-hybridized carbons (Fsp3) is 0.462. The quantitative estimate of drug-likeness (QED) is 0.899. The van der Waals surface area contributed by atoms with Crippen molar-refractivity contribution in [2.75, 3.05) is 0 Å². The number of hydrogen-bond acceptors (Lipinski definition) is 2. The number of carboxylic acids is 1. The van der Waals surface area contributed by atoms with Crippen LogP contribution in [-0.2, 0) is 10.3 Å². The fourth-order valence-corrected chi connectivity index (χ4v) is 2.31. The van der Waals surface area contributed by atoms with Gasteiger partial charge in [0.15, 0.2) is 0 Å². The molecule has 1 aromatic carbocycles. The Bertz CT molecular complexity index is 471. The number of aliphatic carboxylic acids is 1. The number of carboxylic acid groups (broad SMARTS) is 1. The second-order valence-electron chi connectivity index (χ2n) is 5.64. The zero-order chi connectivity index (χ0) is 14.1. The molecule has 3 N–H and O–H groups in total. The first-order chi connectivity index (χ1) is 8.06. The molecule has 1 atom stereocenters. The largest absolute Gasteiger partial charge is 0.480 e. The van der Waals surface area contributed by atoms with Gasteiger partial charge in [-0.2, -0.15) is 0 Å². The molecule has 0 fully saturated rings. The molecule has 0 spiro atoms. The molecule has 0 unspecified atom stereocenters. The van der Waals surface area contributed by atoms with Crippen LogP contribution in [0, 0.1) is 11.2 Å². The van der Waals surface area contributed by atoms with Crippen molar-refractivity contribution in [3.8, 4) is 0 Å². The van der Waals surface area contributed by atoms with Crippen LogP contribution in [0.3, 0.4) is 0 Å². The number of hydrogen-bond donors (Lipinski definition) is 2. The summed E-state index contributed by atoms with van der Waals surface area (Å²) in [4.78, 5) is 11.4. The average molecular weight is 318 g/mol. The van der Waals surface area contributed by atoms with Crippen molar-refractivity contribution in [2.24, 2.45) is 11.1 Å². The van der Waals surface area contributed by atoms with Crippen molar-refractivity contribution in [3.63, 3.8) is 0 Å². The summed E-state index contributed by atoms with van der Waals surface area (Å²) in [6.07, 6.45) is 0.147. The number of nitrogens with two attached hydrogens (primary N) is 1. The Morgan fingerprint density at radius 2 is 2.00 bits per heavy atom. The summed E-state index contributed by atoms with van der Waals surface area (Å²) in [7, 11) is 0. The zero-order valence-corrected chi connectivity index (χ0v) is 12.2. The highest BCUT2D eigenvalue weighted by Gasteiger charge is 2.41. The standard InChI is InChI=1S/C13H17BrFNO2/c1-12(2,3)7-13(16,11(17)18)9-5-4-8(14)6-10(9)15/h4-6H,7,16H2,1-3H3,(H,17,18)/t13-/m1/s1. The van der Waals surface area contributed by atoms with Gasteiger partial charge < -0.3 is 10.8 Å². The third-order valence-corrected chi connectivity index (χ3v) is 3.10. The molecule has 0 aliphatic heterocycles. The predicted molar refractivity (Wildman–Crippen MR) is 71.7 cm³/mol. The van der Waals surface area contributed by atoms with Crippen LogP contribution >= 0.6 is 15.9 Å². The van der Waals surface area contributed by atoms with Crippen molar-refractivity contribution in [3.05, 3.63) is 34.1 Å². The van der Waals surface area contributed by atoms with Crippen molar-refractivity contribution in [2.45, 2.75) is 32.7 Å². The normalized spacial score (nSPS) is 15.2. The SMILES string of the molecule is CC(C)(C)C[C@](N)(C(=O)O)c1ccc(Br)cc1F. The minimum absolute atomic E-state index is 0.00752. The van der Waals surface area contributed by atoms with E-state index in [0.29, 0.717) is 4.47 Å². The minimum atomic E-state index is -1.72. The molecule has 5 heteroatoms. The smallest absolute Gasteiger partial charge is 0.328 e. The van der Waals surface area contributed by atoms with Gasteiger partial charge in [0.05, 0.1) is 0 Å². The first kappa shape index (κ1) is 15.1. The van der Waals surface area contributed by atoms with Crippen LogP contribution in [0.4, 0.5) is 4.39 Å². The molecule has 0 radical (unpaired) electrons. The van der Waals surface area contributed by atoms with Gasteiger partial charge in [0, 0.05) is 10.0 Å². The van der Waals surface area contributed by atoms with Crippen LogP contribution in [0.5, 0.6) is 0 Å². The van der Waals surface area contributed by atoms with Crippen LogP contribution in [0.15, 0.2) is 22.7 Å². The summed E-state index contributed by atoms with van der Waals surface area (Å²) in [5.74, 6) is -1.84. The Morgan fingerprint density at radius 3 is 2.39 bits per heavy atom. The number of carbonyl (C=O) groups is 1. The van der Waals surface area contributed by atoms with E-state index in [4.69, 9.17) is 5.73 Å². The molecule has 100 valence electrons. The van der Waals surface area contributed by atoms with Gasteiger partial charge >= 0.3 is 5.97 Å². The lowest BCUT2D eigenvalue weighted by Crippen LogP contribution is -2.48. The Balaban J connectivity index is 3.32. The van der Waals surface area contributed by atoms with Gasteiger partial charge in [-0.15, -0.1) is 0 Å². The Morgan fingerprint density at radius 1 is 1.44 bits per heavy atom. The monoisotopic (exact) mass is 317 g/mol. The Hall–Kier alpha value is -0.940. The highest BCUT2D eigenvalue weighted by molar-refractivity contribution is 9.10. The summed E-state index contributed by atoms with van der Waals surface area (Å²) in [6.45, 7) is 5.61. The van der Waals surface area contributed by atoms with E-state index in [9.17, 15) is 14.3 Å². The maximum Gasteiger partial charge on any atom is 0.328 e. The molecule has 0 amide bonds. The van der Waals surface area contributed by atoms with E-state index in [0.717, 1.165) is 0 Å².